The summed E-state index contributed by atoms with van der Waals surface area (Å²) in [6, 6.07) is 3.38. The standard InChI is InChI=1S/C22H23N5O3/c1-12-6-9-16(28)13(2)19(12)27-20(23)17(21(24)29)18-22(27)26-14(11-25-18)7-8-15-5-3-4-10-30-15/h6,9,11,15,28H,3-5,10,23H2,1-2H3,(H2,24,29). The van der Waals surface area contributed by atoms with Crippen LogP contribution in [0.1, 0.15) is 46.4 Å². The van der Waals surface area contributed by atoms with E-state index in [0.717, 1.165) is 24.8 Å². The van der Waals surface area contributed by atoms with E-state index in [4.69, 9.17) is 16.2 Å². The molecule has 1 aliphatic rings. The van der Waals surface area contributed by atoms with E-state index in [1.165, 1.54) is 6.20 Å². The summed E-state index contributed by atoms with van der Waals surface area (Å²) < 4.78 is 7.25. The van der Waals surface area contributed by atoms with Crippen LogP contribution in [0.3, 0.4) is 0 Å². The number of carbonyl (C=O) groups is 1. The summed E-state index contributed by atoms with van der Waals surface area (Å²) in [5.74, 6) is 5.64. The van der Waals surface area contributed by atoms with Crippen molar-refractivity contribution in [1.82, 2.24) is 14.5 Å². The van der Waals surface area contributed by atoms with Gasteiger partial charge in [-0.2, -0.15) is 0 Å². The molecule has 0 bridgehead atoms. The summed E-state index contributed by atoms with van der Waals surface area (Å²) in [4.78, 5) is 21.1. The van der Waals surface area contributed by atoms with Crippen LogP contribution in [0, 0.1) is 25.7 Å². The van der Waals surface area contributed by atoms with Crippen molar-refractivity contribution >= 4 is 22.9 Å². The second-order valence-corrected chi connectivity index (χ2v) is 7.39. The maximum atomic E-state index is 12.1. The van der Waals surface area contributed by atoms with Gasteiger partial charge in [0.2, 0.25) is 0 Å². The largest absolute Gasteiger partial charge is 0.508 e. The fourth-order valence-electron chi connectivity index (χ4n) is 3.77. The van der Waals surface area contributed by atoms with Gasteiger partial charge in [0.25, 0.3) is 5.91 Å². The first-order valence-corrected chi connectivity index (χ1v) is 9.78. The highest BCUT2D eigenvalue weighted by Crippen LogP contribution is 2.34. The van der Waals surface area contributed by atoms with E-state index < -0.39 is 5.91 Å². The third-order valence-electron chi connectivity index (χ3n) is 5.31. The highest BCUT2D eigenvalue weighted by atomic mass is 16.5. The van der Waals surface area contributed by atoms with Crippen molar-refractivity contribution in [3.8, 4) is 23.3 Å². The van der Waals surface area contributed by atoms with Gasteiger partial charge in [-0.1, -0.05) is 12.0 Å². The minimum Gasteiger partial charge on any atom is -0.508 e. The molecule has 4 rings (SSSR count). The predicted molar refractivity (Wildman–Crippen MR) is 113 cm³/mol. The van der Waals surface area contributed by atoms with Gasteiger partial charge in [0.15, 0.2) is 5.65 Å². The van der Waals surface area contributed by atoms with Gasteiger partial charge in [-0.3, -0.25) is 9.36 Å². The number of carbonyl (C=O) groups excluding carboxylic acids is 1. The molecule has 5 N–H and O–H groups in total. The number of hydrogen-bond donors (Lipinski definition) is 3. The number of aromatic nitrogens is 3. The van der Waals surface area contributed by atoms with Gasteiger partial charge >= 0.3 is 0 Å². The number of amides is 1. The van der Waals surface area contributed by atoms with Crippen molar-refractivity contribution in [1.29, 1.82) is 0 Å². The number of phenols is 1. The summed E-state index contributed by atoms with van der Waals surface area (Å²) in [6.45, 7) is 4.36. The number of phenolic OH excluding ortho intramolecular Hbond substituents is 1. The Kier molecular flexibility index (Phi) is 5.06. The minimum absolute atomic E-state index is 0.0924. The Bertz CT molecular complexity index is 1210. The number of primary amides is 1. The highest BCUT2D eigenvalue weighted by molar-refractivity contribution is 6.09. The summed E-state index contributed by atoms with van der Waals surface area (Å²) in [6.07, 6.45) is 4.40. The molecule has 1 aliphatic heterocycles. The van der Waals surface area contributed by atoms with Crippen LogP contribution in [0.5, 0.6) is 5.75 Å². The number of nitrogens with two attached hydrogens (primary N) is 2. The first-order valence-electron chi connectivity index (χ1n) is 9.78. The molecule has 8 heteroatoms. The molecule has 0 spiro atoms. The Balaban J connectivity index is 1.93. The smallest absolute Gasteiger partial charge is 0.254 e. The molecule has 8 nitrogen and oxygen atoms in total. The van der Waals surface area contributed by atoms with E-state index in [1.54, 1.807) is 23.6 Å². The van der Waals surface area contributed by atoms with Gasteiger partial charge in [0.1, 0.15) is 34.4 Å². The normalized spacial score (nSPS) is 16.3. The molecule has 0 aliphatic carbocycles. The molecule has 1 saturated heterocycles. The fourth-order valence-corrected chi connectivity index (χ4v) is 3.77. The Morgan fingerprint density at radius 1 is 1.33 bits per heavy atom. The molecule has 3 aromatic rings. The lowest BCUT2D eigenvalue weighted by atomic mass is 10.1. The van der Waals surface area contributed by atoms with Crippen LogP contribution < -0.4 is 11.5 Å². The van der Waals surface area contributed by atoms with Crippen LogP contribution >= 0.6 is 0 Å². The molecule has 3 heterocycles. The fraction of sp³-hybridized carbons (Fsp3) is 0.318. The van der Waals surface area contributed by atoms with Gasteiger partial charge in [-0.05, 0) is 50.7 Å². The van der Waals surface area contributed by atoms with Crippen molar-refractivity contribution in [2.75, 3.05) is 12.3 Å². The molecular formula is C22H23N5O3. The van der Waals surface area contributed by atoms with Crippen molar-refractivity contribution < 1.29 is 14.6 Å². The van der Waals surface area contributed by atoms with Gasteiger partial charge in [-0.25, -0.2) is 9.97 Å². The summed E-state index contributed by atoms with van der Waals surface area (Å²) in [5, 5.41) is 10.2. The van der Waals surface area contributed by atoms with E-state index in [-0.39, 0.29) is 23.2 Å². The van der Waals surface area contributed by atoms with Crippen LogP contribution in [-0.4, -0.2) is 38.3 Å². The van der Waals surface area contributed by atoms with E-state index in [1.807, 2.05) is 6.92 Å². The zero-order valence-corrected chi connectivity index (χ0v) is 16.9. The monoisotopic (exact) mass is 405 g/mol. The summed E-state index contributed by atoms with van der Waals surface area (Å²) in [5.41, 5.74) is 15.1. The molecule has 0 saturated carbocycles. The minimum atomic E-state index is -0.699. The summed E-state index contributed by atoms with van der Waals surface area (Å²) in [7, 11) is 0. The number of nitrogen functional groups attached to an aromatic ring is 1. The Morgan fingerprint density at radius 2 is 2.13 bits per heavy atom. The molecule has 1 fully saturated rings. The zero-order chi connectivity index (χ0) is 21.4. The summed E-state index contributed by atoms with van der Waals surface area (Å²) >= 11 is 0. The van der Waals surface area contributed by atoms with Crippen LogP contribution in [0.2, 0.25) is 0 Å². The van der Waals surface area contributed by atoms with Crippen molar-refractivity contribution in [2.45, 2.75) is 39.2 Å². The quantitative estimate of drug-likeness (QED) is 0.561. The molecule has 2 aromatic heterocycles. The first-order chi connectivity index (χ1) is 14.4. The molecular weight excluding hydrogens is 382 g/mol. The van der Waals surface area contributed by atoms with Crippen LogP contribution in [0.25, 0.3) is 16.9 Å². The zero-order valence-electron chi connectivity index (χ0n) is 16.9. The topological polar surface area (TPSA) is 129 Å². The number of aromatic hydroxyl groups is 1. The number of anilines is 1. The lowest BCUT2D eigenvalue weighted by Crippen LogP contribution is -2.16. The number of hydrogen-bond acceptors (Lipinski definition) is 6. The lowest BCUT2D eigenvalue weighted by molar-refractivity contribution is 0.0525. The molecule has 0 radical (unpaired) electrons. The molecule has 1 amide bonds. The number of nitrogens with zero attached hydrogens (tertiary/aromatic N) is 3. The predicted octanol–water partition coefficient (Wildman–Crippen LogP) is 2.34. The second-order valence-electron chi connectivity index (χ2n) is 7.39. The molecule has 1 aromatic carbocycles. The van der Waals surface area contributed by atoms with Crippen molar-refractivity contribution in [3.05, 3.63) is 40.7 Å². The third-order valence-corrected chi connectivity index (χ3v) is 5.31. The van der Waals surface area contributed by atoms with Crippen molar-refractivity contribution in [2.24, 2.45) is 5.73 Å². The van der Waals surface area contributed by atoms with Gasteiger partial charge in [-0.15, -0.1) is 0 Å². The van der Waals surface area contributed by atoms with E-state index in [9.17, 15) is 9.90 Å². The number of aryl methyl sites for hydroxylation is 1. The Labute approximate surface area is 173 Å². The Hall–Kier alpha value is -3.57. The number of benzene rings is 1. The number of ether oxygens (including phenoxy) is 1. The number of fused-ring (bicyclic) bond motifs is 1. The van der Waals surface area contributed by atoms with E-state index in [2.05, 4.69) is 21.8 Å². The molecule has 154 valence electrons. The van der Waals surface area contributed by atoms with Crippen LogP contribution in [-0.2, 0) is 4.74 Å². The molecule has 1 atom stereocenters. The average molecular weight is 405 g/mol. The Morgan fingerprint density at radius 3 is 2.83 bits per heavy atom. The van der Waals surface area contributed by atoms with Gasteiger partial charge in [0.05, 0.1) is 11.9 Å². The van der Waals surface area contributed by atoms with Gasteiger partial charge in [0, 0.05) is 12.2 Å². The highest BCUT2D eigenvalue weighted by Gasteiger charge is 2.25. The SMILES string of the molecule is Cc1ccc(O)c(C)c1-n1c(N)c(C(N)=O)c2ncc(C#CC3CCCCO3)nc21. The third kappa shape index (κ3) is 3.33. The molecule has 1 unspecified atom stereocenters. The second kappa shape index (κ2) is 7.69. The molecule has 30 heavy (non-hydrogen) atoms. The van der Waals surface area contributed by atoms with Gasteiger partial charge < -0.3 is 21.3 Å². The first kappa shape index (κ1) is 19.7. The lowest BCUT2D eigenvalue weighted by Gasteiger charge is -2.17. The maximum absolute atomic E-state index is 12.1. The van der Waals surface area contributed by atoms with Crippen LogP contribution in [0.15, 0.2) is 18.3 Å². The van der Waals surface area contributed by atoms with Crippen LogP contribution in [0.4, 0.5) is 5.82 Å². The average Bonchev–Trinajstić information content (AvgIpc) is 3.02. The van der Waals surface area contributed by atoms with Crippen molar-refractivity contribution in [3.63, 3.8) is 0 Å². The number of rotatable bonds is 2. The maximum Gasteiger partial charge on any atom is 0.254 e. The van der Waals surface area contributed by atoms with E-state index in [0.29, 0.717) is 34.7 Å². The van der Waals surface area contributed by atoms with E-state index >= 15 is 0 Å².